The summed E-state index contributed by atoms with van der Waals surface area (Å²) in [6.45, 7) is 0. The van der Waals surface area contributed by atoms with Crippen LogP contribution in [0.3, 0.4) is 0 Å². The predicted molar refractivity (Wildman–Crippen MR) is 199 cm³/mol. The molecule has 0 saturated heterocycles. The second kappa shape index (κ2) is 18.7. The van der Waals surface area contributed by atoms with Crippen LogP contribution in [0.2, 0.25) is 0 Å². The van der Waals surface area contributed by atoms with Gasteiger partial charge in [0.1, 0.15) is 0 Å². The molecular weight excluding hydrogens is 1490 g/mol. The first-order chi connectivity index (χ1) is 16.4. The molecule has 0 heterocycles. The van der Waals surface area contributed by atoms with Gasteiger partial charge in [0.15, 0.2) is 0 Å². The van der Waals surface area contributed by atoms with E-state index in [9.17, 15) is 15.3 Å². The molecule has 0 N–H and O–H groups in total. The van der Waals surface area contributed by atoms with E-state index in [-0.39, 0.29) is 34.6 Å². The first kappa shape index (κ1) is 41.8. The maximum Gasteiger partial charge on any atom is 3.00 e. The Labute approximate surface area is 349 Å². The standard InChI is InChI=1S/3C6HBr5O.Al/c3*7-1-2(8)4(10)6(12)5(11)3(1)9;/h3*12H;/q;;;+3/p-3. The number of benzene rings is 3. The summed E-state index contributed by atoms with van der Waals surface area (Å²) in [6.07, 6.45) is 0. The van der Waals surface area contributed by atoms with Gasteiger partial charge in [0, 0.05) is 67.1 Å². The van der Waals surface area contributed by atoms with Crippen LogP contribution in [0.4, 0.5) is 0 Å². The molecule has 3 nitrogen and oxygen atoms in total. The van der Waals surface area contributed by atoms with Crippen LogP contribution in [0.5, 0.6) is 17.2 Å². The number of halogens is 15. The minimum Gasteiger partial charge on any atom is -0.871 e. The Balaban J connectivity index is 0.000000518. The zero-order valence-electron chi connectivity index (χ0n) is 16.5. The molecule has 0 amide bonds. The summed E-state index contributed by atoms with van der Waals surface area (Å²) < 4.78 is 9.71. The van der Waals surface area contributed by atoms with Crippen molar-refractivity contribution in [2.45, 2.75) is 0 Å². The molecule has 0 spiro atoms. The van der Waals surface area contributed by atoms with Gasteiger partial charge in [0.05, 0.1) is 0 Å². The fourth-order valence-corrected chi connectivity index (χ4v) is 10.8. The van der Waals surface area contributed by atoms with Crippen molar-refractivity contribution in [2.24, 2.45) is 0 Å². The molecule has 3 aromatic rings. The quantitative estimate of drug-likeness (QED) is 0.128. The summed E-state index contributed by atoms with van der Waals surface area (Å²) in [5, 5.41) is 34.2. The van der Waals surface area contributed by atoms with Crippen molar-refractivity contribution in [3.63, 3.8) is 0 Å². The smallest absolute Gasteiger partial charge is 0.871 e. The van der Waals surface area contributed by atoms with Gasteiger partial charge in [-0.3, -0.25) is 0 Å². The second-order valence-corrected chi connectivity index (χ2v) is 17.6. The fourth-order valence-electron chi connectivity index (χ4n) is 1.75. The van der Waals surface area contributed by atoms with Gasteiger partial charge in [-0.2, -0.15) is 0 Å². The van der Waals surface area contributed by atoms with Crippen LogP contribution < -0.4 is 15.3 Å². The molecule has 0 unspecified atom stereocenters. The fraction of sp³-hybridized carbons (Fsp3) is 0. The average molecular weight is 1490 g/mol. The van der Waals surface area contributed by atoms with Crippen LogP contribution in [-0.2, 0) is 0 Å². The third-order valence-corrected chi connectivity index (χ3v) is 21.6. The maximum absolute atomic E-state index is 11.4. The molecule has 19 heteroatoms. The van der Waals surface area contributed by atoms with Gasteiger partial charge in [0.25, 0.3) is 0 Å². The van der Waals surface area contributed by atoms with Gasteiger partial charge in [-0.15, -0.1) is 0 Å². The Morgan fingerprint density at radius 2 is 0.297 bits per heavy atom. The summed E-state index contributed by atoms with van der Waals surface area (Å²) in [5.74, 6) is -0.258. The van der Waals surface area contributed by atoms with E-state index in [0.29, 0.717) is 53.7 Å². The van der Waals surface area contributed by atoms with Gasteiger partial charge in [-0.1, -0.05) is 113 Å². The Hall–Kier alpha value is 4.79. The van der Waals surface area contributed by atoms with Gasteiger partial charge in [-0.25, -0.2) is 0 Å². The van der Waals surface area contributed by atoms with Crippen molar-refractivity contribution in [1.82, 2.24) is 0 Å². The molecule has 0 saturated carbocycles. The molecule has 0 aromatic heterocycles. The molecule has 198 valence electrons. The molecule has 0 aliphatic rings. The average Bonchev–Trinajstić information content (AvgIpc) is 2.87. The molecule has 0 aliphatic heterocycles. The largest absolute Gasteiger partial charge is 3.00 e. The summed E-state index contributed by atoms with van der Waals surface area (Å²) >= 11 is 48.6. The molecule has 0 fully saturated rings. The van der Waals surface area contributed by atoms with E-state index in [0.717, 1.165) is 13.4 Å². The van der Waals surface area contributed by atoms with Gasteiger partial charge in [-0.05, 0) is 143 Å². The number of hydrogen-bond acceptors (Lipinski definition) is 3. The van der Waals surface area contributed by atoms with Crippen LogP contribution in [0.1, 0.15) is 0 Å². The van der Waals surface area contributed by atoms with Gasteiger partial charge >= 0.3 is 17.4 Å². The van der Waals surface area contributed by atoms with Crippen molar-refractivity contribution < 1.29 is 15.3 Å². The summed E-state index contributed by atoms with van der Waals surface area (Å²) in [4.78, 5) is 0. The summed E-state index contributed by atoms with van der Waals surface area (Å²) in [6, 6.07) is 0. The van der Waals surface area contributed by atoms with Gasteiger partial charge in [0.2, 0.25) is 0 Å². The molecule has 3 aromatic carbocycles. The minimum absolute atomic E-state index is 0. The molecular formula is C18AlBr15O3. The zero-order valence-corrected chi connectivity index (χ0v) is 41.4. The number of hydrogen-bond donors (Lipinski definition) is 0. The minimum atomic E-state index is -0.0862. The van der Waals surface area contributed by atoms with E-state index < -0.39 is 0 Å². The third kappa shape index (κ3) is 10.4. The molecule has 37 heavy (non-hydrogen) atoms. The van der Waals surface area contributed by atoms with E-state index in [1.54, 1.807) is 0 Å². The summed E-state index contributed by atoms with van der Waals surface area (Å²) in [7, 11) is 0. The van der Waals surface area contributed by atoms with Crippen molar-refractivity contribution in [3.05, 3.63) is 67.1 Å². The van der Waals surface area contributed by atoms with Crippen molar-refractivity contribution in [1.29, 1.82) is 0 Å². The molecule has 0 atom stereocenters. The SMILES string of the molecule is [Al+3].[O-]c1c(Br)c(Br)c(Br)c(Br)c1Br.[O-]c1c(Br)c(Br)c(Br)c(Br)c1Br.[O-]c1c(Br)c(Br)c(Br)c(Br)c1Br. The Morgan fingerprint density at radius 1 is 0.216 bits per heavy atom. The monoisotopic (exact) mass is 1470 g/mol. The predicted octanol–water partition coefficient (Wildman–Crippen LogP) is 13.3. The molecule has 3 rings (SSSR count). The van der Waals surface area contributed by atoms with Gasteiger partial charge < -0.3 is 15.3 Å². The van der Waals surface area contributed by atoms with Crippen molar-refractivity contribution >= 4 is 256 Å². The maximum atomic E-state index is 11.4. The summed E-state index contributed by atoms with van der Waals surface area (Å²) in [5.41, 5.74) is 0. The van der Waals surface area contributed by atoms with Crippen LogP contribution in [0.25, 0.3) is 0 Å². The Morgan fingerprint density at radius 3 is 0.405 bits per heavy atom. The van der Waals surface area contributed by atoms with E-state index in [4.69, 9.17) is 0 Å². The van der Waals surface area contributed by atoms with Crippen LogP contribution in [0.15, 0.2) is 67.1 Å². The van der Waals surface area contributed by atoms with E-state index >= 15 is 0 Å². The van der Waals surface area contributed by atoms with Crippen molar-refractivity contribution in [2.75, 3.05) is 0 Å². The third-order valence-electron chi connectivity index (χ3n) is 3.51. The van der Waals surface area contributed by atoms with Crippen LogP contribution >= 0.6 is 239 Å². The molecule has 0 radical (unpaired) electrons. The normalized spacial score (nSPS) is 10.1. The zero-order chi connectivity index (χ0) is 28.4. The van der Waals surface area contributed by atoms with E-state index in [1.165, 1.54) is 0 Å². The Bertz CT molecular complexity index is 858. The Kier molecular flexibility index (Phi) is 21.1. The van der Waals surface area contributed by atoms with E-state index in [2.05, 4.69) is 239 Å². The van der Waals surface area contributed by atoms with Crippen molar-refractivity contribution in [3.8, 4) is 17.2 Å². The first-order valence-electron chi connectivity index (χ1n) is 7.95. The van der Waals surface area contributed by atoms with Crippen LogP contribution in [0, 0.1) is 0 Å². The first-order valence-corrected chi connectivity index (χ1v) is 19.8. The van der Waals surface area contributed by atoms with E-state index in [1.807, 2.05) is 0 Å². The van der Waals surface area contributed by atoms with Crippen LogP contribution in [-0.4, -0.2) is 17.4 Å². The molecule has 0 bridgehead atoms. The second-order valence-electron chi connectivity index (χ2n) is 5.70. The molecule has 0 aliphatic carbocycles. The number of rotatable bonds is 0. The topological polar surface area (TPSA) is 69.2 Å².